The molecule has 0 N–H and O–H groups in total. The fourth-order valence-corrected chi connectivity index (χ4v) is 4.06. The number of halogens is 1. The van der Waals surface area contributed by atoms with Gasteiger partial charge in [-0.25, -0.2) is 14.1 Å². The Hall–Kier alpha value is -4.33. The summed E-state index contributed by atoms with van der Waals surface area (Å²) in [6.07, 6.45) is -0.197. The number of carbonyl (C=O) groups is 4. The van der Waals surface area contributed by atoms with Crippen molar-refractivity contribution in [2.75, 3.05) is 11.5 Å². The number of ether oxygens (including phenoxy) is 1. The van der Waals surface area contributed by atoms with E-state index in [1.54, 1.807) is 31.2 Å². The monoisotopic (exact) mass is 488 g/mol. The maximum atomic E-state index is 13.5. The zero-order chi connectivity index (χ0) is 25.8. The molecule has 0 spiro atoms. The molecule has 0 aromatic heterocycles. The van der Waals surface area contributed by atoms with Crippen molar-refractivity contribution < 1.29 is 28.3 Å². The summed E-state index contributed by atoms with van der Waals surface area (Å²) in [5.74, 6) is -2.35. The van der Waals surface area contributed by atoms with Crippen LogP contribution < -0.4 is 4.90 Å². The van der Waals surface area contributed by atoms with E-state index in [9.17, 15) is 23.6 Å². The maximum Gasteiger partial charge on any atom is 0.338 e. The number of benzene rings is 3. The van der Waals surface area contributed by atoms with Crippen LogP contribution >= 0.6 is 0 Å². The molecule has 0 radical (unpaired) electrons. The second-order valence-corrected chi connectivity index (χ2v) is 8.48. The van der Waals surface area contributed by atoms with Crippen LogP contribution in [0.15, 0.2) is 72.8 Å². The Bertz CT molecular complexity index is 1290. The average Bonchev–Trinajstić information content (AvgIpc) is 3.17. The smallest absolute Gasteiger partial charge is 0.338 e. The Balaban J connectivity index is 1.63. The Morgan fingerprint density at radius 1 is 0.944 bits per heavy atom. The van der Waals surface area contributed by atoms with E-state index in [-0.39, 0.29) is 19.6 Å². The van der Waals surface area contributed by atoms with Crippen molar-refractivity contribution in [1.29, 1.82) is 0 Å². The summed E-state index contributed by atoms with van der Waals surface area (Å²) in [6.45, 7) is 3.84. The Morgan fingerprint density at radius 2 is 1.56 bits per heavy atom. The zero-order valence-corrected chi connectivity index (χ0v) is 19.9. The van der Waals surface area contributed by atoms with Gasteiger partial charge >= 0.3 is 5.97 Å². The van der Waals surface area contributed by atoms with Gasteiger partial charge in [-0.3, -0.25) is 14.4 Å². The lowest BCUT2D eigenvalue weighted by Crippen LogP contribution is -2.45. The van der Waals surface area contributed by atoms with E-state index in [0.29, 0.717) is 22.4 Å². The summed E-state index contributed by atoms with van der Waals surface area (Å²) in [7, 11) is 0. The van der Waals surface area contributed by atoms with Crippen LogP contribution in [-0.4, -0.2) is 41.2 Å². The highest BCUT2D eigenvalue weighted by Gasteiger charge is 2.44. The van der Waals surface area contributed by atoms with Crippen LogP contribution in [-0.2, 0) is 20.9 Å². The van der Waals surface area contributed by atoms with Crippen molar-refractivity contribution in [3.63, 3.8) is 0 Å². The normalized spacial score (nSPS) is 15.2. The molecular weight excluding hydrogens is 463 g/mol. The second-order valence-electron chi connectivity index (χ2n) is 8.48. The molecule has 1 atom stereocenters. The van der Waals surface area contributed by atoms with Gasteiger partial charge in [-0.05, 0) is 67.9 Å². The van der Waals surface area contributed by atoms with E-state index in [1.807, 2.05) is 6.92 Å². The van der Waals surface area contributed by atoms with E-state index in [0.717, 1.165) is 10.5 Å². The van der Waals surface area contributed by atoms with Crippen LogP contribution in [0.25, 0.3) is 0 Å². The first-order valence-corrected chi connectivity index (χ1v) is 11.5. The van der Waals surface area contributed by atoms with Gasteiger partial charge in [0.1, 0.15) is 11.9 Å². The van der Waals surface area contributed by atoms with Gasteiger partial charge in [-0.2, -0.15) is 0 Å². The summed E-state index contributed by atoms with van der Waals surface area (Å²) < 4.78 is 18.4. The van der Waals surface area contributed by atoms with Crippen molar-refractivity contribution in [3.05, 3.63) is 101 Å². The van der Waals surface area contributed by atoms with Crippen LogP contribution in [0.2, 0.25) is 0 Å². The molecule has 3 aromatic carbocycles. The summed E-state index contributed by atoms with van der Waals surface area (Å²) >= 11 is 0. The SMILES string of the molecule is CCOC(=O)c1ccc(N2C(=O)CC(N(Cc3ccc(F)cc3)C(=O)c3ccc(C)cc3)C2=O)cc1. The largest absolute Gasteiger partial charge is 0.462 e. The van der Waals surface area contributed by atoms with Crippen molar-refractivity contribution >= 4 is 29.4 Å². The minimum Gasteiger partial charge on any atom is -0.462 e. The fourth-order valence-electron chi connectivity index (χ4n) is 4.06. The van der Waals surface area contributed by atoms with Gasteiger partial charge < -0.3 is 9.64 Å². The summed E-state index contributed by atoms with van der Waals surface area (Å²) in [6, 6.07) is 17.5. The topological polar surface area (TPSA) is 84.0 Å². The van der Waals surface area contributed by atoms with Gasteiger partial charge in [0.2, 0.25) is 5.91 Å². The highest BCUT2D eigenvalue weighted by Crippen LogP contribution is 2.28. The van der Waals surface area contributed by atoms with Crippen molar-refractivity contribution in [2.24, 2.45) is 0 Å². The van der Waals surface area contributed by atoms with Gasteiger partial charge in [0.15, 0.2) is 0 Å². The minimum atomic E-state index is -1.04. The highest BCUT2D eigenvalue weighted by molar-refractivity contribution is 6.23. The molecule has 1 aliphatic rings. The third-order valence-electron chi connectivity index (χ3n) is 5.96. The van der Waals surface area contributed by atoms with Gasteiger partial charge in [0.25, 0.3) is 11.8 Å². The molecule has 1 unspecified atom stereocenters. The van der Waals surface area contributed by atoms with E-state index in [1.165, 1.54) is 53.4 Å². The molecule has 1 fully saturated rings. The molecule has 8 heteroatoms. The Morgan fingerprint density at radius 3 is 2.17 bits per heavy atom. The van der Waals surface area contributed by atoms with E-state index in [4.69, 9.17) is 4.74 Å². The molecule has 4 rings (SSSR count). The predicted octanol–water partition coefficient (Wildman–Crippen LogP) is 4.29. The van der Waals surface area contributed by atoms with Crippen molar-refractivity contribution in [2.45, 2.75) is 32.9 Å². The molecule has 0 bridgehead atoms. The van der Waals surface area contributed by atoms with Crippen molar-refractivity contribution in [1.82, 2.24) is 4.90 Å². The molecule has 3 amide bonds. The highest BCUT2D eigenvalue weighted by atomic mass is 19.1. The number of esters is 1. The lowest BCUT2D eigenvalue weighted by molar-refractivity contribution is -0.122. The summed E-state index contributed by atoms with van der Waals surface area (Å²) in [5.41, 5.74) is 2.56. The molecule has 7 nitrogen and oxygen atoms in total. The van der Waals surface area contributed by atoms with Crippen LogP contribution in [0.4, 0.5) is 10.1 Å². The number of imide groups is 1. The lowest BCUT2D eigenvalue weighted by Gasteiger charge is -2.28. The lowest BCUT2D eigenvalue weighted by atomic mass is 10.1. The van der Waals surface area contributed by atoms with Gasteiger partial charge in [0.05, 0.1) is 24.3 Å². The van der Waals surface area contributed by atoms with Crippen LogP contribution in [0.3, 0.4) is 0 Å². The molecular formula is C28H25FN2O5. The first kappa shape index (κ1) is 24.8. The van der Waals surface area contributed by atoms with E-state index >= 15 is 0 Å². The first-order valence-electron chi connectivity index (χ1n) is 11.5. The molecule has 1 aliphatic heterocycles. The van der Waals surface area contributed by atoms with Gasteiger partial charge in [-0.15, -0.1) is 0 Å². The average molecular weight is 489 g/mol. The molecule has 1 saturated heterocycles. The fraction of sp³-hybridized carbons (Fsp3) is 0.214. The van der Waals surface area contributed by atoms with Crippen LogP contribution in [0.5, 0.6) is 0 Å². The standard InChI is InChI=1S/C28H25FN2O5/c1-3-36-28(35)21-10-14-23(15-11-21)31-25(32)16-24(27(31)34)30(17-19-6-12-22(29)13-7-19)26(33)20-8-4-18(2)5-9-20/h4-15,24H,3,16-17H2,1-2H3. The number of rotatable bonds is 7. The minimum absolute atomic E-state index is 0.0202. The van der Waals surface area contributed by atoms with Crippen LogP contribution in [0.1, 0.15) is 45.2 Å². The number of anilines is 1. The third kappa shape index (κ3) is 5.17. The van der Waals surface area contributed by atoms with Gasteiger partial charge in [0, 0.05) is 12.1 Å². The summed E-state index contributed by atoms with van der Waals surface area (Å²) in [4.78, 5) is 54.2. The Labute approximate surface area is 208 Å². The quantitative estimate of drug-likeness (QED) is 0.366. The molecule has 36 heavy (non-hydrogen) atoms. The Kier molecular flexibility index (Phi) is 7.24. The van der Waals surface area contributed by atoms with E-state index in [2.05, 4.69) is 0 Å². The number of amides is 3. The number of carbonyl (C=O) groups excluding carboxylic acids is 4. The maximum absolute atomic E-state index is 13.5. The summed E-state index contributed by atoms with van der Waals surface area (Å²) in [5, 5.41) is 0. The number of nitrogens with zero attached hydrogens (tertiary/aromatic N) is 2. The molecule has 0 saturated carbocycles. The molecule has 0 aliphatic carbocycles. The number of aryl methyl sites for hydroxylation is 1. The first-order chi connectivity index (χ1) is 17.3. The number of hydrogen-bond acceptors (Lipinski definition) is 5. The molecule has 184 valence electrons. The number of hydrogen-bond donors (Lipinski definition) is 0. The zero-order valence-electron chi connectivity index (χ0n) is 19.9. The molecule has 1 heterocycles. The molecule has 3 aromatic rings. The predicted molar refractivity (Wildman–Crippen MR) is 131 cm³/mol. The van der Waals surface area contributed by atoms with Crippen LogP contribution in [0, 0.1) is 12.7 Å². The van der Waals surface area contributed by atoms with Gasteiger partial charge in [-0.1, -0.05) is 29.8 Å². The third-order valence-corrected chi connectivity index (χ3v) is 5.96. The van der Waals surface area contributed by atoms with E-state index < -0.39 is 35.5 Å². The second kappa shape index (κ2) is 10.5. The van der Waals surface area contributed by atoms with Crippen molar-refractivity contribution in [3.8, 4) is 0 Å².